The summed E-state index contributed by atoms with van der Waals surface area (Å²) in [7, 11) is 1.69. The Hall–Kier alpha value is -2.82. The van der Waals surface area contributed by atoms with Gasteiger partial charge in [-0.2, -0.15) is 0 Å². The van der Waals surface area contributed by atoms with Gasteiger partial charge in [-0.25, -0.2) is 4.98 Å². The van der Waals surface area contributed by atoms with Crippen LogP contribution in [-0.2, 0) is 6.54 Å². The van der Waals surface area contributed by atoms with Crippen molar-refractivity contribution in [3.63, 3.8) is 0 Å². The average molecular weight is 448 g/mol. The number of hydrogen-bond donors (Lipinski definition) is 1. The quantitative estimate of drug-likeness (QED) is 0.215. The van der Waals surface area contributed by atoms with Gasteiger partial charge >= 0.3 is 0 Å². The summed E-state index contributed by atoms with van der Waals surface area (Å²) in [6.45, 7) is 6.26. The summed E-state index contributed by atoms with van der Waals surface area (Å²) in [5.41, 5.74) is 4.28. The molecule has 5 heteroatoms. The van der Waals surface area contributed by atoms with Gasteiger partial charge in [0.25, 0.3) is 0 Å². The normalized spacial score (nSPS) is 11.4. The molecule has 0 spiro atoms. The number of anilines is 1. The maximum absolute atomic E-state index is 6.24. The maximum atomic E-state index is 6.24. The fourth-order valence-electron chi connectivity index (χ4n) is 4.16. The lowest BCUT2D eigenvalue weighted by Crippen LogP contribution is -2.26. The first kappa shape index (κ1) is 22.4. The Balaban J connectivity index is 1.52. The molecule has 0 amide bonds. The molecular weight excluding hydrogens is 418 g/mol. The molecule has 0 unspecified atom stereocenters. The molecule has 4 rings (SSSR count). The third kappa shape index (κ3) is 5.32. The number of halogens is 1. The van der Waals surface area contributed by atoms with Crippen LogP contribution in [0.3, 0.4) is 0 Å². The first-order chi connectivity index (χ1) is 15.7. The predicted octanol–water partition coefficient (Wildman–Crippen LogP) is 6.76. The molecular formula is C27H30ClN3O. The van der Waals surface area contributed by atoms with Gasteiger partial charge in [-0.1, -0.05) is 48.9 Å². The second kappa shape index (κ2) is 10.7. The number of benzene rings is 3. The average Bonchev–Trinajstić information content (AvgIpc) is 2.81. The SMILES string of the molecule is CCCN(CCCNc1c2ccc(Cl)cc2nc2ccc(OC)cc12)Cc1ccccc1. The summed E-state index contributed by atoms with van der Waals surface area (Å²) in [6.07, 6.45) is 2.20. The maximum Gasteiger partial charge on any atom is 0.119 e. The molecule has 0 aliphatic carbocycles. The van der Waals surface area contributed by atoms with Crippen molar-refractivity contribution in [3.05, 3.63) is 77.3 Å². The van der Waals surface area contributed by atoms with E-state index in [2.05, 4.69) is 53.5 Å². The van der Waals surface area contributed by atoms with Crippen molar-refractivity contribution >= 4 is 39.1 Å². The van der Waals surface area contributed by atoms with Crippen molar-refractivity contribution in [3.8, 4) is 5.75 Å². The predicted molar refractivity (Wildman–Crippen MR) is 136 cm³/mol. The van der Waals surface area contributed by atoms with E-state index in [4.69, 9.17) is 21.3 Å². The Kier molecular flexibility index (Phi) is 7.46. The summed E-state index contributed by atoms with van der Waals surface area (Å²) in [5, 5.41) is 6.53. The number of methoxy groups -OCH3 is 1. The summed E-state index contributed by atoms with van der Waals surface area (Å²) in [4.78, 5) is 7.34. The van der Waals surface area contributed by atoms with Gasteiger partial charge < -0.3 is 10.1 Å². The summed E-state index contributed by atoms with van der Waals surface area (Å²) in [6, 6.07) is 22.6. The van der Waals surface area contributed by atoms with Gasteiger partial charge in [-0.3, -0.25) is 4.90 Å². The van der Waals surface area contributed by atoms with Crippen molar-refractivity contribution in [2.75, 3.05) is 32.1 Å². The second-order valence-electron chi connectivity index (χ2n) is 8.07. The molecule has 0 fully saturated rings. The van der Waals surface area contributed by atoms with E-state index < -0.39 is 0 Å². The van der Waals surface area contributed by atoms with Crippen molar-refractivity contribution in [2.24, 2.45) is 0 Å². The van der Waals surface area contributed by atoms with Gasteiger partial charge in [-0.15, -0.1) is 0 Å². The Morgan fingerprint density at radius 3 is 2.56 bits per heavy atom. The first-order valence-electron chi connectivity index (χ1n) is 11.2. The number of nitrogens with one attached hydrogen (secondary N) is 1. The molecule has 1 heterocycles. The molecule has 4 aromatic rings. The molecule has 32 heavy (non-hydrogen) atoms. The molecule has 0 saturated carbocycles. The van der Waals surface area contributed by atoms with Crippen LogP contribution in [0.15, 0.2) is 66.7 Å². The fraction of sp³-hybridized carbons (Fsp3) is 0.296. The lowest BCUT2D eigenvalue weighted by Gasteiger charge is -2.22. The first-order valence-corrected chi connectivity index (χ1v) is 11.6. The van der Waals surface area contributed by atoms with E-state index >= 15 is 0 Å². The largest absolute Gasteiger partial charge is 0.497 e. The Morgan fingerprint density at radius 1 is 0.938 bits per heavy atom. The number of fused-ring (bicyclic) bond motifs is 2. The molecule has 1 N–H and O–H groups in total. The monoisotopic (exact) mass is 447 g/mol. The number of rotatable bonds is 10. The van der Waals surface area contributed by atoms with Crippen molar-refractivity contribution < 1.29 is 4.74 Å². The zero-order valence-corrected chi connectivity index (χ0v) is 19.5. The molecule has 0 atom stereocenters. The van der Waals surface area contributed by atoms with E-state index in [1.807, 2.05) is 30.3 Å². The minimum absolute atomic E-state index is 0.694. The highest BCUT2D eigenvalue weighted by atomic mass is 35.5. The van der Waals surface area contributed by atoms with Crippen LogP contribution in [0.25, 0.3) is 21.8 Å². The van der Waals surface area contributed by atoms with Crippen LogP contribution >= 0.6 is 11.6 Å². The lowest BCUT2D eigenvalue weighted by atomic mass is 10.1. The van der Waals surface area contributed by atoms with Gasteiger partial charge in [0.05, 0.1) is 23.8 Å². The van der Waals surface area contributed by atoms with Crippen LogP contribution in [0.2, 0.25) is 5.02 Å². The minimum Gasteiger partial charge on any atom is -0.497 e. The van der Waals surface area contributed by atoms with Gasteiger partial charge in [0, 0.05) is 35.4 Å². The van der Waals surface area contributed by atoms with Crippen LogP contribution < -0.4 is 10.1 Å². The van der Waals surface area contributed by atoms with Gasteiger partial charge in [0.1, 0.15) is 5.75 Å². The molecule has 0 radical (unpaired) electrons. The van der Waals surface area contributed by atoms with E-state index in [-0.39, 0.29) is 0 Å². The highest BCUT2D eigenvalue weighted by molar-refractivity contribution is 6.31. The summed E-state index contributed by atoms with van der Waals surface area (Å²) in [5.74, 6) is 0.827. The standard InChI is InChI=1S/C27H30ClN3O/c1-3-15-31(19-20-8-5-4-6-9-20)16-7-14-29-27-23-12-10-21(28)17-26(23)30-25-13-11-22(32-2)18-24(25)27/h4-6,8-13,17-18H,3,7,14-16,19H2,1-2H3,(H,29,30). The molecule has 0 bridgehead atoms. The van der Waals surface area contributed by atoms with Gasteiger partial charge in [0.15, 0.2) is 0 Å². The topological polar surface area (TPSA) is 37.4 Å². The third-order valence-corrected chi connectivity index (χ3v) is 5.92. The molecule has 0 saturated heterocycles. The molecule has 3 aromatic carbocycles. The molecule has 1 aromatic heterocycles. The van der Waals surface area contributed by atoms with E-state index in [0.717, 1.165) is 72.3 Å². The number of aromatic nitrogens is 1. The minimum atomic E-state index is 0.694. The lowest BCUT2D eigenvalue weighted by molar-refractivity contribution is 0.265. The smallest absolute Gasteiger partial charge is 0.119 e. The van der Waals surface area contributed by atoms with Crippen molar-refractivity contribution in [1.82, 2.24) is 9.88 Å². The van der Waals surface area contributed by atoms with Crippen molar-refractivity contribution in [2.45, 2.75) is 26.3 Å². The van der Waals surface area contributed by atoms with E-state index in [9.17, 15) is 0 Å². The van der Waals surface area contributed by atoms with E-state index in [1.54, 1.807) is 7.11 Å². The Labute approximate surface area is 195 Å². The molecule has 0 aliphatic rings. The zero-order valence-electron chi connectivity index (χ0n) is 18.8. The zero-order chi connectivity index (χ0) is 22.3. The van der Waals surface area contributed by atoms with Crippen molar-refractivity contribution in [1.29, 1.82) is 0 Å². The number of ether oxygens (including phenoxy) is 1. The van der Waals surface area contributed by atoms with E-state index in [1.165, 1.54) is 5.56 Å². The number of pyridine rings is 1. The molecule has 4 nitrogen and oxygen atoms in total. The Morgan fingerprint density at radius 2 is 1.78 bits per heavy atom. The van der Waals surface area contributed by atoms with Gasteiger partial charge in [0.2, 0.25) is 0 Å². The number of nitrogens with zero attached hydrogens (tertiary/aromatic N) is 2. The third-order valence-electron chi connectivity index (χ3n) is 5.68. The fourth-order valence-corrected chi connectivity index (χ4v) is 4.32. The van der Waals surface area contributed by atoms with E-state index in [0.29, 0.717) is 5.02 Å². The highest BCUT2D eigenvalue weighted by Gasteiger charge is 2.11. The summed E-state index contributed by atoms with van der Waals surface area (Å²) >= 11 is 6.24. The number of hydrogen-bond acceptors (Lipinski definition) is 4. The highest BCUT2D eigenvalue weighted by Crippen LogP contribution is 2.34. The molecule has 0 aliphatic heterocycles. The van der Waals surface area contributed by atoms with Crippen LogP contribution in [0.5, 0.6) is 5.75 Å². The van der Waals surface area contributed by atoms with Gasteiger partial charge in [-0.05, 0) is 61.3 Å². The van der Waals surface area contributed by atoms with Crippen LogP contribution in [-0.4, -0.2) is 36.6 Å². The van der Waals surface area contributed by atoms with Crippen LogP contribution in [0.1, 0.15) is 25.3 Å². The van der Waals surface area contributed by atoms with Crippen LogP contribution in [0.4, 0.5) is 5.69 Å². The molecule has 166 valence electrons. The van der Waals surface area contributed by atoms with Crippen LogP contribution in [0, 0.1) is 0 Å². The second-order valence-corrected chi connectivity index (χ2v) is 8.51. The Bertz CT molecular complexity index is 1180. The summed E-state index contributed by atoms with van der Waals surface area (Å²) < 4.78 is 5.47.